The van der Waals surface area contributed by atoms with Gasteiger partial charge in [-0.15, -0.1) is 10.2 Å². The normalized spacial score (nSPS) is 13.1. The summed E-state index contributed by atoms with van der Waals surface area (Å²) in [5.74, 6) is -1.93. The molecule has 2 heterocycles. The van der Waals surface area contributed by atoms with Gasteiger partial charge in [0.1, 0.15) is 17.9 Å². The molecule has 0 saturated heterocycles. The lowest BCUT2D eigenvalue weighted by Crippen LogP contribution is -2.34. The van der Waals surface area contributed by atoms with E-state index in [0.29, 0.717) is 4.68 Å². The summed E-state index contributed by atoms with van der Waals surface area (Å²) in [6, 6.07) is 11.8. The fourth-order valence-electron chi connectivity index (χ4n) is 3.74. The van der Waals surface area contributed by atoms with E-state index in [1.165, 1.54) is 37.3 Å². The standard InChI is InChI=1S/C27H24Cl2N7O9P/c1-14(2)18-11-22(44-23-19(28)9-16(10-20(23)29)36-27(41)31-24(37)21(12-30)32-36)33-35(25(18)38)13-43-46(42,34-15(3)26(39)40)45-17-7-5-4-6-8-17/h4-11,14-15H,13H2,1-3H3,(H,34,42)(H,39,40)(H,31,37,41)/t15-,46?/m0/s1. The van der Waals surface area contributed by atoms with Gasteiger partial charge >= 0.3 is 19.4 Å². The maximum Gasteiger partial charge on any atom is 0.461 e. The van der Waals surface area contributed by atoms with Crippen molar-refractivity contribution in [3.05, 3.63) is 101 Å². The second-order valence-electron chi connectivity index (χ2n) is 9.72. The Kier molecular flexibility index (Phi) is 10.5. The average Bonchev–Trinajstić information content (AvgIpc) is 2.99. The first-order valence-corrected chi connectivity index (χ1v) is 15.4. The van der Waals surface area contributed by atoms with Gasteiger partial charge in [-0.1, -0.05) is 55.2 Å². The Labute approximate surface area is 269 Å². The number of nitrogens with zero attached hydrogens (tertiary/aromatic N) is 5. The third-order valence-corrected chi connectivity index (χ3v) is 8.18. The molecule has 0 aliphatic rings. The fourth-order valence-corrected chi connectivity index (χ4v) is 5.72. The number of benzene rings is 2. The van der Waals surface area contributed by atoms with Gasteiger partial charge in [0.05, 0.1) is 15.7 Å². The Balaban J connectivity index is 1.69. The van der Waals surface area contributed by atoms with Crippen molar-refractivity contribution in [1.29, 1.82) is 5.26 Å². The number of nitriles is 1. The number of nitrogens with one attached hydrogen (secondary N) is 2. The molecule has 16 nitrogen and oxygen atoms in total. The van der Waals surface area contributed by atoms with Crippen molar-refractivity contribution in [2.24, 2.45) is 0 Å². The minimum atomic E-state index is -4.41. The monoisotopic (exact) mass is 691 g/mol. The molecule has 2 aromatic heterocycles. The molecule has 1 unspecified atom stereocenters. The summed E-state index contributed by atoms with van der Waals surface area (Å²) in [5.41, 5.74) is -2.94. The van der Waals surface area contributed by atoms with E-state index in [1.54, 1.807) is 38.1 Å². The molecule has 0 radical (unpaired) electrons. The minimum absolute atomic E-state index is 0.00782. The van der Waals surface area contributed by atoms with E-state index in [1.807, 2.05) is 4.98 Å². The number of aromatic amines is 1. The fraction of sp³-hybridized carbons (Fsp3) is 0.222. The van der Waals surface area contributed by atoms with Crippen molar-refractivity contribution in [2.45, 2.75) is 39.5 Å². The number of ether oxygens (including phenoxy) is 1. The summed E-state index contributed by atoms with van der Waals surface area (Å²) in [6.07, 6.45) is 0. The molecule has 0 fully saturated rings. The quantitative estimate of drug-likeness (QED) is 0.180. The Bertz CT molecular complexity index is 2040. The van der Waals surface area contributed by atoms with E-state index < -0.39 is 49.0 Å². The largest absolute Gasteiger partial charge is 0.480 e. The third-order valence-electron chi connectivity index (χ3n) is 6.01. The molecule has 0 amide bonds. The molecule has 46 heavy (non-hydrogen) atoms. The maximum atomic E-state index is 13.6. The van der Waals surface area contributed by atoms with Gasteiger partial charge < -0.3 is 14.4 Å². The number of halogens is 2. The lowest BCUT2D eigenvalue weighted by Gasteiger charge is -2.22. The molecule has 0 aliphatic heterocycles. The van der Waals surface area contributed by atoms with E-state index in [9.17, 15) is 28.8 Å². The van der Waals surface area contributed by atoms with Crippen molar-refractivity contribution >= 4 is 36.9 Å². The van der Waals surface area contributed by atoms with Gasteiger partial charge in [0, 0.05) is 11.6 Å². The Morgan fingerprint density at radius 1 is 1.11 bits per heavy atom. The van der Waals surface area contributed by atoms with E-state index >= 15 is 0 Å². The molecule has 2 atom stereocenters. The lowest BCUT2D eigenvalue weighted by molar-refractivity contribution is -0.138. The topological polar surface area (TPSA) is 221 Å². The lowest BCUT2D eigenvalue weighted by atomic mass is 10.1. The molecular weight excluding hydrogens is 668 g/mol. The first-order chi connectivity index (χ1) is 21.7. The highest BCUT2D eigenvalue weighted by molar-refractivity contribution is 7.52. The average molecular weight is 692 g/mol. The third kappa shape index (κ3) is 7.89. The molecule has 19 heteroatoms. The molecule has 4 rings (SSSR count). The number of carboxylic acids is 1. The smallest absolute Gasteiger partial charge is 0.461 e. The number of para-hydroxylation sites is 1. The molecular formula is C27H24Cl2N7O9P. The van der Waals surface area contributed by atoms with Crippen molar-refractivity contribution in [3.8, 4) is 29.1 Å². The predicted molar refractivity (Wildman–Crippen MR) is 164 cm³/mol. The van der Waals surface area contributed by atoms with Crippen LogP contribution in [0.15, 0.2) is 62.9 Å². The molecule has 2 aromatic carbocycles. The Morgan fingerprint density at radius 3 is 2.35 bits per heavy atom. The highest BCUT2D eigenvalue weighted by Gasteiger charge is 2.32. The van der Waals surface area contributed by atoms with Crippen molar-refractivity contribution in [1.82, 2.24) is 29.6 Å². The molecule has 240 valence electrons. The molecule has 0 spiro atoms. The van der Waals surface area contributed by atoms with Crippen LogP contribution in [0.4, 0.5) is 0 Å². The first-order valence-electron chi connectivity index (χ1n) is 13.1. The number of hydrogen-bond acceptors (Lipinski definition) is 11. The number of aromatic nitrogens is 5. The summed E-state index contributed by atoms with van der Waals surface area (Å²) in [4.78, 5) is 50.7. The summed E-state index contributed by atoms with van der Waals surface area (Å²) in [6.45, 7) is 3.92. The van der Waals surface area contributed by atoms with E-state index in [0.717, 1.165) is 4.68 Å². The summed E-state index contributed by atoms with van der Waals surface area (Å²) in [7, 11) is -4.41. The van der Waals surface area contributed by atoms with Crippen LogP contribution in [0.2, 0.25) is 10.0 Å². The summed E-state index contributed by atoms with van der Waals surface area (Å²) < 4.78 is 31.9. The van der Waals surface area contributed by atoms with Crippen LogP contribution in [0.3, 0.4) is 0 Å². The maximum absolute atomic E-state index is 13.6. The molecule has 3 N–H and O–H groups in total. The van der Waals surface area contributed by atoms with Gasteiger partial charge in [0.25, 0.3) is 11.1 Å². The van der Waals surface area contributed by atoms with Crippen molar-refractivity contribution < 1.29 is 28.3 Å². The highest BCUT2D eigenvalue weighted by Crippen LogP contribution is 2.45. The van der Waals surface area contributed by atoms with Crippen LogP contribution in [0.5, 0.6) is 17.4 Å². The second-order valence-corrected chi connectivity index (χ2v) is 12.2. The van der Waals surface area contributed by atoms with Crippen LogP contribution in [-0.4, -0.2) is 41.7 Å². The molecule has 0 saturated carbocycles. The van der Waals surface area contributed by atoms with E-state index in [2.05, 4.69) is 15.3 Å². The number of H-pyrrole nitrogens is 1. The molecule has 4 aromatic rings. The number of aliphatic carboxylic acids is 1. The highest BCUT2D eigenvalue weighted by atomic mass is 35.5. The zero-order chi connectivity index (χ0) is 33.8. The van der Waals surface area contributed by atoms with Gasteiger partial charge in [-0.2, -0.15) is 19.7 Å². The van der Waals surface area contributed by atoms with Crippen LogP contribution in [0, 0.1) is 11.3 Å². The summed E-state index contributed by atoms with van der Waals surface area (Å²) >= 11 is 12.8. The van der Waals surface area contributed by atoms with Gasteiger partial charge in [-0.05, 0) is 37.1 Å². The van der Waals surface area contributed by atoms with E-state index in [4.69, 9.17) is 42.2 Å². The van der Waals surface area contributed by atoms with Crippen LogP contribution >= 0.6 is 30.9 Å². The second kappa shape index (κ2) is 14.1. The van der Waals surface area contributed by atoms with Crippen LogP contribution < -0.4 is 31.2 Å². The van der Waals surface area contributed by atoms with Crippen LogP contribution in [-0.2, 0) is 20.6 Å². The van der Waals surface area contributed by atoms with E-state index in [-0.39, 0.29) is 44.6 Å². The summed E-state index contributed by atoms with van der Waals surface area (Å²) in [5, 5.41) is 28.3. The Morgan fingerprint density at radius 2 is 1.76 bits per heavy atom. The zero-order valence-electron chi connectivity index (χ0n) is 24.1. The predicted octanol–water partition coefficient (Wildman–Crippen LogP) is 3.80. The van der Waals surface area contributed by atoms with Gasteiger partial charge in [-0.25, -0.2) is 9.36 Å². The minimum Gasteiger partial charge on any atom is -0.480 e. The van der Waals surface area contributed by atoms with Gasteiger partial charge in [0.15, 0.2) is 12.5 Å². The number of hydrogen-bond donors (Lipinski definition) is 3. The number of carboxylic acid groups (broad SMARTS) is 1. The number of rotatable bonds is 12. The van der Waals surface area contributed by atoms with Crippen LogP contribution in [0.1, 0.15) is 37.9 Å². The Hall–Kier alpha value is -4.78. The first kappa shape index (κ1) is 34.1. The molecule has 0 bridgehead atoms. The van der Waals surface area contributed by atoms with Crippen molar-refractivity contribution in [2.75, 3.05) is 0 Å². The SMILES string of the molecule is CC(C)c1cc(Oc2c(Cl)cc(-n3nc(C#N)c(=O)[nH]c3=O)cc2Cl)nn(COP(=O)(N[C@@H](C)C(=O)O)Oc2ccccc2)c1=O. The van der Waals surface area contributed by atoms with Gasteiger partial charge in [0.2, 0.25) is 11.6 Å². The van der Waals surface area contributed by atoms with Gasteiger partial charge in [-0.3, -0.25) is 23.9 Å². The zero-order valence-corrected chi connectivity index (χ0v) is 26.5. The number of carbonyl (C=O) groups is 1. The van der Waals surface area contributed by atoms with Crippen LogP contribution in [0.25, 0.3) is 5.69 Å². The van der Waals surface area contributed by atoms with Crippen molar-refractivity contribution in [3.63, 3.8) is 0 Å². The molecule has 0 aliphatic carbocycles.